The van der Waals surface area contributed by atoms with Crippen LogP contribution in [0.25, 0.3) is 11.0 Å². The number of nitrogens with zero attached hydrogens (tertiary/aromatic N) is 4. The number of nitro benzene ring substituents is 1. The Balaban J connectivity index is 2.71. The third-order valence-corrected chi connectivity index (χ3v) is 2.76. The fourth-order valence-electron chi connectivity index (χ4n) is 1.62. The van der Waals surface area contributed by atoms with Crippen LogP contribution >= 0.6 is 11.6 Å². The molecule has 8 nitrogen and oxygen atoms in total. The number of aliphatic hydroxyl groups excluding tert-OH is 1. The summed E-state index contributed by atoms with van der Waals surface area (Å²) in [4.78, 5) is 12.1. The van der Waals surface area contributed by atoms with Gasteiger partial charge in [-0.05, 0) is 16.4 Å². The Labute approximate surface area is 106 Å². The van der Waals surface area contributed by atoms with Crippen LogP contribution in [0.15, 0.2) is 10.7 Å². The average Bonchev–Trinajstić information content (AvgIpc) is 2.77. The zero-order valence-corrected chi connectivity index (χ0v) is 10.1. The fourth-order valence-corrected chi connectivity index (χ4v) is 1.85. The monoisotopic (exact) mass is 272 g/mol. The minimum absolute atomic E-state index is 0.00714. The number of hydrogen-bond donors (Lipinski definition) is 1. The smallest absolute Gasteiger partial charge is 0.323 e. The molecular formula is C9H9ClN4O4. The zero-order chi connectivity index (χ0) is 13.3. The Bertz CT molecular complexity index is 600. The van der Waals surface area contributed by atoms with Gasteiger partial charge in [-0.1, -0.05) is 11.6 Å². The van der Waals surface area contributed by atoms with E-state index in [4.69, 9.17) is 16.7 Å². The van der Waals surface area contributed by atoms with E-state index in [1.807, 2.05) is 0 Å². The second-order valence-corrected chi connectivity index (χ2v) is 4.00. The molecule has 0 unspecified atom stereocenters. The predicted octanol–water partition coefficient (Wildman–Crippen LogP) is 1.21. The fraction of sp³-hybridized carbons (Fsp3) is 0.333. The molecule has 0 spiro atoms. The quantitative estimate of drug-likeness (QED) is 0.658. The van der Waals surface area contributed by atoms with E-state index < -0.39 is 4.92 Å². The highest BCUT2D eigenvalue weighted by molar-refractivity contribution is 6.35. The minimum atomic E-state index is -0.577. The molecule has 1 aromatic heterocycles. The van der Waals surface area contributed by atoms with Gasteiger partial charge in [0.1, 0.15) is 5.69 Å². The standard InChI is InChI=1S/C9H9ClN4O4/c1-13(2-3-15)6-4-5(10)7-8(12-18-11-7)9(6)14(16)17/h4,15H,2-3H2,1H3. The molecule has 0 saturated carbocycles. The zero-order valence-electron chi connectivity index (χ0n) is 9.33. The van der Waals surface area contributed by atoms with Gasteiger partial charge in [0.25, 0.3) is 0 Å². The summed E-state index contributed by atoms with van der Waals surface area (Å²) >= 11 is 5.95. The van der Waals surface area contributed by atoms with Crippen LogP contribution in [-0.2, 0) is 0 Å². The van der Waals surface area contributed by atoms with Crippen molar-refractivity contribution in [1.29, 1.82) is 0 Å². The number of fused-ring (bicyclic) bond motifs is 1. The van der Waals surface area contributed by atoms with Crippen molar-refractivity contribution in [1.82, 2.24) is 10.3 Å². The summed E-state index contributed by atoms with van der Waals surface area (Å²) in [6.07, 6.45) is 0. The molecule has 0 fully saturated rings. The molecule has 2 rings (SSSR count). The molecule has 0 aliphatic carbocycles. The number of aliphatic hydroxyl groups is 1. The van der Waals surface area contributed by atoms with Crippen LogP contribution < -0.4 is 4.90 Å². The topological polar surface area (TPSA) is 106 Å². The van der Waals surface area contributed by atoms with E-state index in [9.17, 15) is 10.1 Å². The van der Waals surface area contributed by atoms with Gasteiger partial charge in [-0.15, -0.1) is 0 Å². The van der Waals surface area contributed by atoms with Gasteiger partial charge in [0.05, 0.1) is 16.6 Å². The van der Waals surface area contributed by atoms with Gasteiger partial charge < -0.3 is 10.0 Å². The molecule has 96 valence electrons. The van der Waals surface area contributed by atoms with Crippen LogP contribution in [0.4, 0.5) is 11.4 Å². The van der Waals surface area contributed by atoms with Crippen molar-refractivity contribution in [2.24, 2.45) is 0 Å². The first kappa shape index (κ1) is 12.5. The number of nitro groups is 1. The van der Waals surface area contributed by atoms with Crippen LogP contribution in [0.5, 0.6) is 0 Å². The lowest BCUT2D eigenvalue weighted by atomic mass is 10.2. The lowest BCUT2D eigenvalue weighted by Gasteiger charge is -2.17. The molecule has 9 heteroatoms. The summed E-state index contributed by atoms with van der Waals surface area (Å²) < 4.78 is 4.47. The van der Waals surface area contributed by atoms with Crippen LogP contribution in [0.2, 0.25) is 5.02 Å². The van der Waals surface area contributed by atoms with Gasteiger partial charge in [0.15, 0.2) is 5.52 Å². The summed E-state index contributed by atoms with van der Waals surface area (Å²) in [6.45, 7) is 0.0916. The van der Waals surface area contributed by atoms with Gasteiger partial charge in [-0.2, -0.15) is 0 Å². The lowest BCUT2D eigenvalue weighted by molar-refractivity contribution is -0.382. The molecular weight excluding hydrogens is 264 g/mol. The van der Waals surface area contributed by atoms with E-state index >= 15 is 0 Å². The first-order chi connectivity index (χ1) is 8.56. The van der Waals surface area contributed by atoms with Crippen molar-refractivity contribution in [2.75, 3.05) is 25.1 Å². The summed E-state index contributed by atoms with van der Waals surface area (Å²) in [5, 5.41) is 27.2. The third-order valence-electron chi connectivity index (χ3n) is 2.47. The van der Waals surface area contributed by atoms with Crippen molar-refractivity contribution in [2.45, 2.75) is 0 Å². The van der Waals surface area contributed by atoms with Crippen molar-refractivity contribution in [3.8, 4) is 0 Å². The maximum Gasteiger partial charge on any atom is 0.323 e. The van der Waals surface area contributed by atoms with Crippen LogP contribution in [0, 0.1) is 10.1 Å². The number of anilines is 1. The van der Waals surface area contributed by atoms with E-state index in [0.717, 1.165) is 0 Å². The van der Waals surface area contributed by atoms with Crippen molar-refractivity contribution in [3.63, 3.8) is 0 Å². The molecule has 2 aromatic rings. The molecule has 0 saturated heterocycles. The van der Waals surface area contributed by atoms with Crippen molar-refractivity contribution in [3.05, 3.63) is 21.2 Å². The van der Waals surface area contributed by atoms with E-state index in [2.05, 4.69) is 14.9 Å². The molecule has 1 heterocycles. The Morgan fingerprint density at radius 2 is 2.22 bits per heavy atom. The molecule has 18 heavy (non-hydrogen) atoms. The van der Waals surface area contributed by atoms with E-state index in [-0.39, 0.29) is 40.6 Å². The number of hydrogen-bond acceptors (Lipinski definition) is 7. The van der Waals surface area contributed by atoms with Gasteiger partial charge in [0.2, 0.25) is 5.52 Å². The minimum Gasteiger partial charge on any atom is -0.395 e. The van der Waals surface area contributed by atoms with Gasteiger partial charge in [-0.25, -0.2) is 4.63 Å². The average molecular weight is 273 g/mol. The number of benzene rings is 1. The number of likely N-dealkylation sites (N-methyl/N-ethyl adjacent to an activating group) is 1. The number of rotatable bonds is 4. The molecule has 0 aliphatic rings. The molecule has 0 atom stereocenters. The van der Waals surface area contributed by atoms with Crippen LogP contribution in [0.3, 0.4) is 0 Å². The van der Waals surface area contributed by atoms with Crippen LogP contribution in [-0.4, -0.2) is 40.5 Å². The predicted molar refractivity (Wildman–Crippen MR) is 63.8 cm³/mol. The molecule has 0 aliphatic heterocycles. The number of halogens is 1. The van der Waals surface area contributed by atoms with Crippen molar-refractivity contribution < 1.29 is 14.7 Å². The molecule has 0 amide bonds. The van der Waals surface area contributed by atoms with Gasteiger partial charge >= 0.3 is 5.69 Å². The lowest BCUT2D eigenvalue weighted by Crippen LogP contribution is -2.22. The number of aromatic nitrogens is 2. The second-order valence-electron chi connectivity index (χ2n) is 3.59. The maximum absolute atomic E-state index is 11.1. The summed E-state index contributed by atoms with van der Waals surface area (Å²) in [6, 6.07) is 1.40. The summed E-state index contributed by atoms with van der Waals surface area (Å²) in [5.41, 5.74) is 0.144. The Hall–Kier alpha value is -1.93. The van der Waals surface area contributed by atoms with Gasteiger partial charge in [-0.3, -0.25) is 10.1 Å². The summed E-state index contributed by atoms with van der Waals surface area (Å²) in [5.74, 6) is 0. The first-order valence-corrected chi connectivity index (χ1v) is 5.35. The highest BCUT2D eigenvalue weighted by Gasteiger charge is 2.26. The Morgan fingerprint density at radius 1 is 1.56 bits per heavy atom. The summed E-state index contributed by atoms with van der Waals surface area (Å²) in [7, 11) is 1.61. The SMILES string of the molecule is CN(CCO)c1cc(Cl)c2nonc2c1[N+](=O)[O-]. The largest absolute Gasteiger partial charge is 0.395 e. The van der Waals surface area contributed by atoms with E-state index in [1.54, 1.807) is 7.05 Å². The highest BCUT2D eigenvalue weighted by Crippen LogP contribution is 2.37. The third kappa shape index (κ3) is 1.95. The molecule has 1 aromatic carbocycles. The second kappa shape index (κ2) is 4.75. The van der Waals surface area contributed by atoms with Crippen molar-refractivity contribution >= 4 is 34.0 Å². The van der Waals surface area contributed by atoms with E-state index in [1.165, 1.54) is 11.0 Å². The van der Waals surface area contributed by atoms with Gasteiger partial charge in [0, 0.05) is 13.6 Å². The van der Waals surface area contributed by atoms with Crippen LogP contribution in [0.1, 0.15) is 0 Å². The first-order valence-electron chi connectivity index (χ1n) is 4.97. The highest BCUT2D eigenvalue weighted by atomic mass is 35.5. The Morgan fingerprint density at radius 3 is 2.83 bits per heavy atom. The Kier molecular flexibility index (Phi) is 3.30. The molecule has 0 radical (unpaired) electrons. The van der Waals surface area contributed by atoms with E-state index in [0.29, 0.717) is 0 Å². The molecule has 1 N–H and O–H groups in total. The molecule has 0 bridgehead atoms. The maximum atomic E-state index is 11.1. The normalized spacial score (nSPS) is 10.8.